The molecule has 1 rings (SSSR count). The number of amides is 1. The minimum Gasteiger partial charge on any atom is -0.350 e. The molecule has 0 saturated carbocycles. The van der Waals surface area contributed by atoms with Crippen LogP contribution in [-0.2, 0) is 15.8 Å². The van der Waals surface area contributed by atoms with Crippen molar-refractivity contribution >= 4 is 15.9 Å². The van der Waals surface area contributed by atoms with Crippen molar-refractivity contribution < 1.29 is 13.2 Å². The molecule has 0 heterocycles. The molecular weight excluding hydrogens is 300 g/mol. The number of rotatable bonds is 8. The molecule has 0 aliphatic heterocycles. The van der Waals surface area contributed by atoms with Crippen LogP contribution in [0.25, 0.3) is 0 Å². The summed E-state index contributed by atoms with van der Waals surface area (Å²) in [4.78, 5) is 12.1. The Morgan fingerprint density at radius 2 is 1.73 bits per heavy atom. The quantitative estimate of drug-likeness (QED) is 0.769. The molecule has 0 fully saturated rings. The maximum Gasteiger partial charge on any atom is 0.251 e. The monoisotopic (exact) mass is 326 g/mol. The molecule has 0 aliphatic carbocycles. The van der Waals surface area contributed by atoms with Gasteiger partial charge in [-0.1, -0.05) is 38.8 Å². The molecule has 6 heteroatoms. The summed E-state index contributed by atoms with van der Waals surface area (Å²) in [6.07, 6.45) is 3.20. The van der Waals surface area contributed by atoms with Crippen LogP contribution in [0.2, 0.25) is 0 Å². The molecule has 0 aromatic heterocycles. The summed E-state index contributed by atoms with van der Waals surface area (Å²) in [6.45, 7) is 6.37. The Balaban J connectivity index is 2.52. The van der Waals surface area contributed by atoms with Crippen LogP contribution in [-0.4, -0.2) is 20.4 Å². The Labute approximate surface area is 133 Å². The summed E-state index contributed by atoms with van der Waals surface area (Å²) in [7, 11) is -3.55. The first-order chi connectivity index (χ1) is 10.2. The topological polar surface area (TPSA) is 89.3 Å². The van der Waals surface area contributed by atoms with Crippen LogP contribution in [0.5, 0.6) is 0 Å². The maximum absolute atomic E-state index is 12.1. The van der Waals surface area contributed by atoms with Crippen LogP contribution in [0.15, 0.2) is 24.3 Å². The molecule has 3 N–H and O–H groups in total. The summed E-state index contributed by atoms with van der Waals surface area (Å²) >= 11 is 0. The zero-order valence-electron chi connectivity index (χ0n) is 13.5. The third-order valence-corrected chi connectivity index (χ3v) is 4.12. The SMILES string of the molecule is CC(C)CCC[C@H](C)NC(=O)c1ccc(CS(N)(=O)=O)cc1. The number of nitrogens with two attached hydrogens (primary N) is 1. The second kappa shape index (κ2) is 8.29. The normalized spacial score (nSPS) is 13.1. The fraction of sp³-hybridized carbons (Fsp3) is 0.562. The number of benzene rings is 1. The van der Waals surface area contributed by atoms with Crippen molar-refractivity contribution in [2.24, 2.45) is 11.1 Å². The standard InChI is InChI=1S/C16H26N2O3S/c1-12(2)5-4-6-13(3)18-16(19)15-9-7-14(8-10-15)11-22(17,20)21/h7-10,12-13H,4-6,11H2,1-3H3,(H,18,19)(H2,17,20,21)/t13-/m0/s1. The van der Waals surface area contributed by atoms with Gasteiger partial charge < -0.3 is 5.32 Å². The van der Waals surface area contributed by atoms with Crippen LogP contribution < -0.4 is 10.5 Å². The summed E-state index contributed by atoms with van der Waals surface area (Å²) in [5.74, 6) is 0.314. The van der Waals surface area contributed by atoms with E-state index in [1.54, 1.807) is 24.3 Å². The lowest BCUT2D eigenvalue weighted by atomic mass is 10.0. The molecule has 1 amide bonds. The number of nitrogens with one attached hydrogen (secondary N) is 1. The molecule has 5 nitrogen and oxygen atoms in total. The first-order valence-electron chi connectivity index (χ1n) is 7.57. The van der Waals surface area contributed by atoms with E-state index >= 15 is 0 Å². The molecule has 0 unspecified atom stereocenters. The lowest BCUT2D eigenvalue weighted by molar-refractivity contribution is 0.0938. The molecule has 0 bridgehead atoms. The van der Waals surface area contributed by atoms with Gasteiger partial charge in [-0.15, -0.1) is 0 Å². The van der Waals surface area contributed by atoms with Gasteiger partial charge in [-0.25, -0.2) is 13.6 Å². The number of carbonyl (C=O) groups excluding carboxylic acids is 1. The predicted octanol–water partition coefficient (Wildman–Crippen LogP) is 2.42. The zero-order valence-corrected chi connectivity index (χ0v) is 14.3. The lowest BCUT2D eigenvalue weighted by Crippen LogP contribution is -2.32. The van der Waals surface area contributed by atoms with E-state index in [1.165, 1.54) is 0 Å². The van der Waals surface area contributed by atoms with E-state index in [2.05, 4.69) is 19.2 Å². The second-order valence-electron chi connectivity index (χ2n) is 6.20. The number of sulfonamides is 1. The molecule has 0 spiro atoms. The number of carbonyl (C=O) groups is 1. The Kier molecular flexibility index (Phi) is 7.03. The molecule has 1 aromatic carbocycles. The van der Waals surface area contributed by atoms with Crippen molar-refractivity contribution in [3.8, 4) is 0 Å². The van der Waals surface area contributed by atoms with Crippen LogP contribution in [0.1, 0.15) is 56.0 Å². The summed E-state index contributed by atoms with van der Waals surface area (Å²) < 4.78 is 22.0. The van der Waals surface area contributed by atoms with Gasteiger partial charge in [0, 0.05) is 11.6 Å². The summed E-state index contributed by atoms with van der Waals surface area (Å²) in [5.41, 5.74) is 1.10. The largest absolute Gasteiger partial charge is 0.350 e. The number of primary sulfonamides is 1. The van der Waals surface area contributed by atoms with E-state index in [0.29, 0.717) is 17.0 Å². The van der Waals surface area contributed by atoms with Crippen molar-refractivity contribution in [3.05, 3.63) is 35.4 Å². The van der Waals surface area contributed by atoms with E-state index in [1.807, 2.05) is 6.92 Å². The highest BCUT2D eigenvalue weighted by atomic mass is 32.2. The second-order valence-corrected chi connectivity index (χ2v) is 7.82. The Hall–Kier alpha value is -1.40. The van der Waals surface area contributed by atoms with Gasteiger partial charge in [-0.05, 0) is 37.0 Å². The minimum atomic E-state index is -3.55. The van der Waals surface area contributed by atoms with E-state index in [4.69, 9.17) is 5.14 Å². The van der Waals surface area contributed by atoms with E-state index < -0.39 is 10.0 Å². The van der Waals surface area contributed by atoms with Gasteiger partial charge in [-0.3, -0.25) is 4.79 Å². The fourth-order valence-electron chi connectivity index (χ4n) is 2.20. The average Bonchev–Trinajstić information content (AvgIpc) is 2.37. The third kappa shape index (κ3) is 7.56. The van der Waals surface area contributed by atoms with Gasteiger partial charge in [0.05, 0.1) is 5.75 Å². The van der Waals surface area contributed by atoms with Crippen LogP contribution in [0, 0.1) is 5.92 Å². The molecule has 1 atom stereocenters. The molecule has 124 valence electrons. The van der Waals surface area contributed by atoms with Crippen LogP contribution in [0.4, 0.5) is 0 Å². The number of hydrogen-bond acceptors (Lipinski definition) is 3. The first kappa shape index (κ1) is 18.6. The number of hydrogen-bond donors (Lipinski definition) is 2. The summed E-state index contributed by atoms with van der Waals surface area (Å²) in [5, 5.41) is 7.95. The third-order valence-electron chi connectivity index (χ3n) is 3.38. The summed E-state index contributed by atoms with van der Waals surface area (Å²) in [6, 6.07) is 6.59. The van der Waals surface area contributed by atoms with Gasteiger partial charge in [-0.2, -0.15) is 0 Å². The molecule has 0 aliphatic rings. The highest BCUT2D eigenvalue weighted by Gasteiger charge is 2.11. The minimum absolute atomic E-state index is 0.121. The molecule has 0 saturated heterocycles. The Bertz CT molecular complexity index is 580. The van der Waals surface area contributed by atoms with Gasteiger partial charge in [0.1, 0.15) is 0 Å². The first-order valence-corrected chi connectivity index (χ1v) is 9.29. The van der Waals surface area contributed by atoms with Gasteiger partial charge >= 0.3 is 0 Å². The van der Waals surface area contributed by atoms with Crippen molar-refractivity contribution in [2.75, 3.05) is 0 Å². The average molecular weight is 326 g/mol. The smallest absolute Gasteiger partial charge is 0.251 e. The van der Waals surface area contributed by atoms with Crippen molar-refractivity contribution in [1.82, 2.24) is 5.32 Å². The van der Waals surface area contributed by atoms with Gasteiger partial charge in [0.25, 0.3) is 5.91 Å². The highest BCUT2D eigenvalue weighted by molar-refractivity contribution is 7.88. The highest BCUT2D eigenvalue weighted by Crippen LogP contribution is 2.10. The van der Waals surface area contributed by atoms with Crippen LogP contribution >= 0.6 is 0 Å². The fourth-order valence-corrected chi connectivity index (χ4v) is 2.85. The Morgan fingerprint density at radius 1 is 1.14 bits per heavy atom. The van der Waals surface area contributed by atoms with Gasteiger partial charge in [0.15, 0.2) is 0 Å². The van der Waals surface area contributed by atoms with Crippen molar-refractivity contribution in [1.29, 1.82) is 0 Å². The molecular formula is C16H26N2O3S. The lowest BCUT2D eigenvalue weighted by Gasteiger charge is -2.14. The molecule has 0 radical (unpaired) electrons. The van der Waals surface area contributed by atoms with E-state index in [0.717, 1.165) is 19.3 Å². The van der Waals surface area contributed by atoms with Crippen molar-refractivity contribution in [2.45, 2.75) is 51.8 Å². The Morgan fingerprint density at radius 3 is 2.23 bits per heavy atom. The van der Waals surface area contributed by atoms with E-state index in [9.17, 15) is 13.2 Å². The zero-order chi connectivity index (χ0) is 16.8. The maximum atomic E-state index is 12.1. The predicted molar refractivity (Wildman–Crippen MR) is 88.9 cm³/mol. The molecule has 22 heavy (non-hydrogen) atoms. The van der Waals surface area contributed by atoms with Crippen molar-refractivity contribution in [3.63, 3.8) is 0 Å². The van der Waals surface area contributed by atoms with Crippen LogP contribution in [0.3, 0.4) is 0 Å². The molecule has 1 aromatic rings. The van der Waals surface area contributed by atoms with Gasteiger partial charge in [0.2, 0.25) is 10.0 Å². The van der Waals surface area contributed by atoms with E-state index in [-0.39, 0.29) is 17.7 Å².